The van der Waals surface area contributed by atoms with Gasteiger partial charge in [-0.1, -0.05) is 178 Å². The number of hydrogen-bond acceptors (Lipinski definition) is 23. The second-order valence-electron chi connectivity index (χ2n) is 38.6. The van der Waals surface area contributed by atoms with Crippen molar-refractivity contribution in [1.29, 1.82) is 0 Å². The minimum atomic E-state index is -0.907. The van der Waals surface area contributed by atoms with Gasteiger partial charge in [0.1, 0.15) is 0 Å². The lowest BCUT2D eigenvalue weighted by molar-refractivity contribution is -0.284. The van der Waals surface area contributed by atoms with Gasteiger partial charge in [0, 0.05) is 318 Å². The zero-order valence-electron chi connectivity index (χ0n) is 88.9. The molecule has 141 heavy (non-hydrogen) atoms. The molecule has 0 unspecified atom stereocenters. The molecule has 23 heteroatoms. The predicted molar refractivity (Wildman–Crippen MR) is 583 cm³/mol. The number of methoxy groups -OCH3 is 4. The fraction of sp³-hybridized carbons (Fsp3) is 0.390. The van der Waals surface area contributed by atoms with Crippen LogP contribution in [0.2, 0.25) is 0 Å². The fourth-order valence-electron chi connectivity index (χ4n) is 17.2. The van der Waals surface area contributed by atoms with Gasteiger partial charge in [0.05, 0.1) is 52.9 Å². The minimum Gasteiger partial charge on any atom is -0.378 e. The van der Waals surface area contributed by atoms with Gasteiger partial charge in [-0.15, -0.1) is 0 Å². The molecule has 16 rings (SSSR count). The van der Waals surface area contributed by atoms with Crippen molar-refractivity contribution in [2.24, 2.45) is 5.41 Å². The molecule has 4 aliphatic heterocycles. The first-order chi connectivity index (χ1) is 67.4. The predicted octanol–water partition coefficient (Wildman–Crippen LogP) is 21.0. The first-order valence-electron chi connectivity index (χ1n) is 48.3. The summed E-state index contributed by atoms with van der Waals surface area (Å²) in [6.45, 7) is 9.64. The van der Waals surface area contributed by atoms with E-state index in [1.165, 1.54) is 0 Å². The Labute approximate surface area is 842 Å². The Morgan fingerprint density at radius 1 is 0.184 bits per heavy atom. The normalized spacial score (nSPS) is 15.4. The molecule has 12 aromatic rings. The fourth-order valence-corrected chi connectivity index (χ4v) is 17.2. The Morgan fingerprint density at radius 2 is 0.333 bits per heavy atom. The van der Waals surface area contributed by atoms with Crippen molar-refractivity contribution in [3.8, 4) is 0 Å². The molecular formula is C118H155N11O12. The van der Waals surface area contributed by atoms with E-state index < -0.39 is 34.7 Å². The highest BCUT2D eigenvalue weighted by Crippen LogP contribution is 2.47. The van der Waals surface area contributed by atoms with Crippen molar-refractivity contribution in [2.45, 2.75) is 67.8 Å². The summed E-state index contributed by atoms with van der Waals surface area (Å²) >= 11 is 0. The Kier molecular flexibility index (Phi) is 38.5. The van der Waals surface area contributed by atoms with Crippen LogP contribution in [0, 0.1) is 5.41 Å². The first kappa shape index (κ1) is 109. The summed E-state index contributed by atoms with van der Waals surface area (Å²) in [5.74, 6) is -5.07. The SMILES string of the molecule is CN(C)c1ccc(C2(c3ccc(N(C)C)cc3)OCC(C)(C)CO2)cc1.CN(C)c1ccc(C2(c3ccc(N(C)C)cc3)OCCCCO2)cc1.CN(C)c1ccc(C2(c3ccc(N(C)C)cc3)OCCCO2)cc1.CN(C)c1ccc(C2(c3ccc(N(C)C)cc3)OCCO2)cc1.COC(OC)(c1ccc(N(C)C)cc1)c1ccc(N(C)C)cc1.COC(OC)(c1ccccc1)c1ccc(N(C)C)cc1. The van der Waals surface area contributed by atoms with Crippen LogP contribution in [-0.4, -0.2) is 236 Å². The molecule has 0 aromatic heterocycles. The Bertz CT molecular complexity index is 5310. The average Bonchev–Trinajstić information content (AvgIpc) is 1.43. The van der Waals surface area contributed by atoms with Crippen molar-refractivity contribution in [3.63, 3.8) is 0 Å². The molecule has 0 aliphatic carbocycles. The van der Waals surface area contributed by atoms with Gasteiger partial charge >= 0.3 is 0 Å². The summed E-state index contributed by atoms with van der Waals surface area (Å²) in [7, 11) is 51.4. The van der Waals surface area contributed by atoms with E-state index in [9.17, 15) is 0 Å². The number of rotatable bonds is 27. The zero-order valence-corrected chi connectivity index (χ0v) is 88.9. The molecule has 0 radical (unpaired) electrons. The molecule has 0 saturated carbocycles. The molecule has 12 aromatic carbocycles. The van der Waals surface area contributed by atoms with E-state index in [0.717, 1.165) is 149 Å². The summed E-state index contributed by atoms with van der Waals surface area (Å²) < 4.78 is 73.0. The van der Waals surface area contributed by atoms with E-state index in [2.05, 4.69) is 298 Å². The van der Waals surface area contributed by atoms with Crippen LogP contribution in [0.4, 0.5) is 62.6 Å². The van der Waals surface area contributed by atoms with Crippen molar-refractivity contribution in [1.82, 2.24) is 0 Å². The van der Waals surface area contributed by atoms with Crippen LogP contribution >= 0.6 is 0 Å². The van der Waals surface area contributed by atoms with Crippen LogP contribution in [0.25, 0.3) is 0 Å². The minimum absolute atomic E-state index is 0.0106. The molecule has 4 fully saturated rings. The first-order valence-corrected chi connectivity index (χ1v) is 48.3. The molecule has 0 N–H and O–H groups in total. The third kappa shape index (κ3) is 26.3. The number of benzene rings is 12. The topological polar surface area (TPSA) is 146 Å². The van der Waals surface area contributed by atoms with Crippen molar-refractivity contribution >= 4 is 62.6 Å². The van der Waals surface area contributed by atoms with Gasteiger partial charge in [0.2, 0.25) is 34.7 Å². The van der Waals surface area contributed by atoms with E-state index >= 15 is 0 Å². The monoisotopic (exact) mass is 1920 g/mol. The van der Waals surface area contributed by atoms with E-state index in [0.29, 0.717) is 52.9 Å². The van der Waals surface area contributed by atoms with Crippen LogP contribution in [0.1, 0.15) is 99.9 Å². The zero-order chi connectivity index (χ0) is 102. The number of hydrogen-bond donors (Lipinski definition) is 0. The third-order valence-electron chi connectivity index (χ3n) is 25.8. The molecule has 754 valence electrons. The van der Waals surface area contributed by atoms with Crippen LogP contribution in [0.15, 0.2) is 297 Å². The molecule has 4 heterocycles. The largest absolute Gasteiger partial charge is 0.378 e. The highest BCUT2D eigenvalue weighted by Gasteiger charge is 2.46. The average molecular weight is 1920 g/mol. The van der Waals surface area contributed by atoms with Gasteiger partial charge in [-0.2, -0.15) is 0 Å². The third-order valence-corrected chi connectivity index (χ3v) is 25.8. The maximum Gasteiger partial charge on any atom is 0.222 e. The molecule has 0 atom stereocenters. The van der Waals surface area contributed by atoms with Gasteiger partial charge in [-0.25, -0.2) is 0 Å². The van der Waals surface area contributed by atoms with Crippen molar-refractivity contribution in [3.05, 3.63) is 364 Å². The summed E-state index contributed by atoms with van der Waals surface area (Å²) in [5, 5.41) is 0. The maximum absolute atomic E-state index is 6.40. The lowest BCUT2D eigenvalue weighted by atomic mass is 9.90. The number of ether oxygens (including phenoxy) is 12. The quantitative estimate of drug-likeness (QED) is 0.0449. The highest BCUT2D eigenvalue weighted by atomic mass is 16.7. The van der Waals surface area contributed by atoms with Gasteiger partial charge in [0.15, 0.2) is 0 Å². The van der Waals surface area contributed by atoms with Crippen LogP contribution in [0.5, 0.6) is 0 Å². The summed E-state index contributed by atoms with van der Waals surface area (Å²) in [4.78, 5) is 22.9. The molecule has 4 saturated heterocycles. The maximum atomic E-state index is 6.40. The summed E-state index contributed by atoms with van der Waals surface area (Å²) in [5.41, 5.74) is 24.8. The lowest BCUT2D eigenvalue weighted by Gasteiger charge is -2.44. The molecule has 0 bridgehead atoms. The second kappa shape index (κ2) is 49.6. The van der Waals surface area contributed by atoms with E-state index in [-0.39, 0.29) is 5.41 Å². The molecule has 0 amide bonds. The Hall–Kier alpha value is -12.0. The number of nitrogens with zero attached hydrogens (tertiary/aromatic N) is 11. The van der Waals surface area contributed by atoms with Gasteiger partial charge in [0.25, 0.3) is 0 Å². The van der Waals surface area contributed by atoms with Crippen molar-refractivity contribution in [2.75, 3.05) is 290 Å². The molecular weight excluding hydrogens is 1760 g/mol. The van der Waals surface area contributed by atoms with E-state index in [1.54, 1.807) is 28.4 Å². The molecule has 0 spiro atoms. The van der Waals surface area contributed by atoms with Gasteiger partial charge in [-0.05, 0) is 153 Å². The smallest absolute Gasteiger partial charge is 0.222 e. The Morgan fingerprint density at radius 3 is 0.504 bits per heavy atom. The van der Waals surface area contributed by atoms with Crippen LogP contribution in [-0.2, 0) is 91.6 Å². The molecule has 4 aliphatic rings. The van der Waals surface area contributed by atoms with Crippen LogP contribution in [0.3, 0.4) is 0 Å². The van der Waals surface area contributed by atoms with Gasteiger partial charge < -0.3 is 111 Å². The van der Waals surface area contributed by atoms with E-state index in [1.807, 2.05) is 222 Å². The van der Waals surface area contributed by atoms with E-state index in [4.69, 9.17) is 56.8 Å². The summed E-state index contributed by atoms with van der Waals surface area (Å²) in [6.07, 6.45) is 2.97. The standard InChI is InChI=1S/C22H30N2O2.C21H28N2O2.C20H26N2O2.C19H24N2O2.C19H26N2O2.C17H21NO2/c1-21(2)15-25-22(26-16-21,17-7-11-19(12-8-17)23(3)4)18-9-13-20(14-10-18)24(5)6;1-22(2)19-11-7-17(8-12-19)21(24-15-5-6-16-25-21)18-9-13-20(14-10-18)23(3)4;1-21(2)18-10-6-16(7-11-18)20(23-14-5-15-24-20)17-8-12-19(13-9-17)22(3)4;1-20(2)17-9-5-15(6-10-17)19(22-13-14-23-19)16-7-11-18(12-8-16)21(3)4;1-20(2)17-11-7-15(8-12-17)19(22-5,23-6)16-9-13-18(14-10-16)21(3)4;1-18(2)16-12-10-15(11-13-16)17(19-3,20-4)14-8-6-5-7-9-14/h7-14H,15-16H2,1-6H3;7-14H,5-6,15-16H2,1-4H3;6-13H,5,14-15H2,1-4H3;5-12H,13-14H2,1-4H3;7-14H,1-6H3;5-13H,1-4H3. The second-order valence-corrected chi connectivity index (χ2v) is 38.6. The van der Waals surface area contributed by atoms with Crippen LogP contribution < -0.4 is 53.9 Å². The lowest BCUT2D eigenvalue weighted by Crippen LogP contribution is -2.46. The summed E-state index contributed by atoms with van der Waals surface area (Å²) in [6, 6.07) is 102. The highest BCUT2D eigenvalue weighted by molar-refractivity contribution is 5.59. The Balaban J connectivity index is 0.000000162. The van der Waals surface area contributed by atoms with Gasteiger partial charge in [-0.3, -0.25) is 0 Å². The van der Waals surface area contributed by atoms with Crippen molar-refractivity contribution < 1.29 is 56.8 Å². The molecule has 23 nitrogen and oxygen atoms in total. The number of anilines is 11.